The van der Waals surface area contributed by atoms with Gasteiger partial charge in [0.1, 0.15) is 0 Å². The van der Waals surface area contributed by atoms with Crippen molar-refractivity contribution < 1.29 is 0 Å². The minimum absolute atomic E-state index is 0.397. The van der Waals surface area contributed by atoms with Gasteiger partial charge in [0.25, 0.3) is 0 Å². The minimum atomic E-state index is 0.397. The third-order valence-corrected chi connectivity index (χ3v) is 2.17. The van der Waals surface area contributed by atoms with Crippen molar-refractivity contribution in [3.8, 4) is 12.3 Å². The molecule has 1 N–H and O–H groups in total. The molecule has 0 amide bonds. The quantitative estimate of drug-likeness (QED) is 0.473. The highest BCUT2D eigenvalue weighted by atomic mass is 14.8. The van der Waals surface area contributed by atoms with Gasteiger partial charge in [-0.3, -0.25) is 0 Å². The van der Waals surface area contributed by atoms with E-state index in [9.17, 15) is 0 Å². The molecule has 0 saturated heterocycles. The van der Waals surface area contributed by atoms with Gasteiger partial charge in [-0.1, -0.05) is 20.8 Å². The summed E-state index contributed by atoms with van der Waals surface area (Å²) in [5, 5.41) is 3.33. The fraction of sp³-hybridized carbons (Fsp3) is 0.818. The Balaban J connectivity index is 3.50. The molecule has 0 radical (unpaired) electrons. The van der Waals surface area contributed by atoms with Crippen LogP contribution in [0.25, 0.3) is 0 Å². The molecule has 0 rings (SSSR count). The molecule has 0 aliphatic heterocycles. The van der Waals surface area contributed by atoms with Crippen LogP contribution in [0, 0.1) is 17.8 Å². The summed E-state index contributed by atoms with van der Waals surface area (Å²) in [6.07, 6.45) is 8.47. The first-order valence-electron chi connectivity index (χ1n) is 4.76. The van der Waals surface area contributed by atoms with Crippen molar-refractivity contribution in [3.05, 3.63) is 0 Å². The summed E-state index contributed by atoms with van der Waals surface area (Å²) in [6.45, 7) is 8.86. The Hall–Kier alpha value is -0.480. The van der Waals surface area contributed by atoms with Gasteiger partial charge >= 0.3 is 0 Å². The lowest BCUT2D eigenvalue weighted by Gasteiger charge is -2.23. The Morgan fingerprint density at radius 1 is 1.33 bits per heavy atom. The molecule has 0 bridgehead atoms. The van der Waals surface area contributed by atoms with Crippen molar-refractivity contribution in [2.45, 2.75) is 40.0 Å². The van der Waals surface area contributed by atoms with Gasteiger partial charge < -0.3 is 5.32 Å². The fourth-order valence-corrected chi connectivity index (χ4v) is 1.14. The summed E-state index contributed by atoms with van der Waals surface area (Å²) in [5.74, 6) is 2.69. The molecule has 0 aromatic heterocycles. The molecule has 0 atom stereocenters. The lowest BCUT2D eigenvalue weighted by atomic mass is 9.84. The molecule has 70 valence electrons. The van der Waals surface area contributed by atoms with E-state index in [2.05, 4.69) is 32.0 Å². The lowest BCUT2D eigenvalue weighted by Crippen LogP contribution is -2.22. The van der Waals surface area contributed by atoms with Crippen molar-refractivity contribution in [2.24, 2.45) is 5.41 Å². The fourth-order valence-electron chi connectivity index (χ4n) is 1.14. The largest absolute Gasteiger partial charge is 0.317 e. The number of rotatable bonds is 6. The topological polar surface area (TPSA) is 12.0 Å². The third-order valence-electron chi connectivity index (χ3n) is 2.17. The van der Waals surface area contributed by atoms with Crippen LogP contribution in [0.1, 0.15) is 40.0 Å². The zero-order valence-electron chi connectivity index (χ0n) is 8.61. The molecule has 0 aliphatic carbocycles. The van der Waals surface area contributed by atoms with E-state index in [0.717, 1.165) is 25.9 Å². The van der Waals surface area contributed by atoms with E-state index in [1.165, 1.54) is 6.42 Å². The molecule has 0 fully saturated rings. The van der Waals surface area contributed by atoms with Crippen molar-refractivity contribution in [1.29, 1.82) is 0 Å². The van der Waals surface area contributed by atoms with Crippen LogP contribution < -0.4 is 5.32 Å². The van der Waals surface area contributed by atoms with E-state index in [1.807, 2.05) is 0 Å². The third kappa shape index (κ3) is 6.24. The van der Waals surface area contributed by atoms with E-state index in [4.69, 9.17) is 6.42 Å². The molecule has 1 heteroatoms. The second kappa shape index (κ2) is 6.08. The van der Waals surface area contributed by atoms with E-state index in [1.54, 1.807) is 0 Å². The molecule has 1 nitrogen and oxygen atoms in total. The van der Waals surface area contributed by atoms with Gasteiger partial charge in [-0.15, -0.1) is 12.3 Å². The van der Waals surface area contributed by atoms with Crippen LogP contribution in [-0.4, -0.2) is 13.1 Å². The normalized spacial score (nSPS) is 11.2. The van der Waals surface area contributed by atoms with Gasteiger partial charge in [0, 0.05) is 6.42 Å². The monoisotopic (exact) mass is 167 g/mol. The Morgan fingerprint density at radius 2 is 2.00 bits per heavy atom. The van der Waals surface area contributed by atoms with Crippen molar-refractivity contribution in [3.63, 3.8) is 0 Å². The van der Waals surface area contributed by atoms with Gasteiger partial charge in [0.15, 0.2) is 0 Å². The summed E-state index contributed by atoms with van der Waals surface area (Å²) in [4.78, 5) is 0. The van der Waals surface area contributed by atoms with Crippen LogP contribution in [0.15, 0.2) is 0 Å². The van der Waals surface area contributed by atoms with Crippen LogP contribution >= 0.6 is 0 Å². The molecule has 0 aromatic carbocycles. The number of terminal acetylenes is 1. The van der Waals surface area contributed by atoms with E-state index < -0.39 is 0 Å². The lowest BCUT2D eigenvalue weighted by molar-refractivity contribution is 0.307. The first-order chi connectivity index (χ1) is 5.62. The van der Waals surface area contributed by atoms with Gasteiger partial charge in [0.2, 0.25) is 0 Å². The smallest absolute Gasteiger partial charge is 0.00911 e. The van der Waals surface area contributed by atoms with Crippen molar-refractivity contribution in [1.82, 2.24) is 5.32 Å². The highest BCUT2D eigenvalue weighted by molar-refractivity contribution is 4.86. The van der Waals surface area contributed by atoms with Gasteiger partial charge in [-0.2, -0.15) is 0 Å². The zero-order chi connectivity index (χ0) is 9.45. The summed E-state index contributed by atoms with van der Waals surface area (Å²) in [7, 11) is 0. The Kier molecular flexibility index (Phi) is 5.84. The molecule has 0 aliphatic rings. The van der Waals surface area contributed by atoms with Crippen LogP contribution in [0.2, 0.25) is 0 Å². The molecule has 0 saturated carbocycles. The minimum Gasteiger partial charge on any atom is -0.317 e. The molecule has 0 heterocycles. The summed E-state index contributed by atoms with van der Waals surface area (Å²) in [5.41, 5.74) is 0.397. The standard InChI is InChI=1S/C11H21N/c1-5-7-8-11(3,4)9-10-12-6-2/h1,12H,6-10H2,2-4H3. The predicted octanol–water partition coefficient (Wildman–Crippen LogP) is 2.43. The maximum atomic E-state index is 5.22. The highest BCUT2D eigenvalue weighted by Gasteiger charge is 2.15. The first-order valence-corrected chi connectivity index (χ1v) is 4.76. The first kappa shape index (κ1) is 11.5. The molecular formula is C11H21N. The van der Waals surface area contributed by atoms with E-state index >= 15 is 0 Å². The second-order valence-electron chi connectivity index (χ2n) is 3.97. The van der Waals surface area contributed by atoms with Crippen LogP contribution in [0.3, 0.4) is 0 Å². The average Bonchev–Trinajstić information content (AvgIpc) is 2.01. The van der Waals surface area contributed by atoms with Gasteiger partial charge in [-0.25, -0.2) is 0 Å². The molecule has 0 aromatic rings. The van der Waals surface area contributed by atoms with E-state index in [0.29, 0.717) is 5.41 Å². The molecule has 12 heavy (non-hydrogen) atoms. The summed E-state index contributed by atoms with van der Waals surface area (Å²) in [6, 6.07) is 0. The predicted molar refractivity (Wildman–Crippen MR) is 55.0 cm³/mol. The molecule has 0 spiro atoms. The highest BCUT2D eigenvalue weighted by Crippen LogP contribution is 2.25. The number of nitrogens with one attached hydrogen (secondary N) is 1. The maximum Gasteiger partial charge on any atom is 0.00911 e. The van der Waals surface area contributed by atoms with Gasteiger partial charge in [-0.05, 0) is 31.3 Å². The van der Waals surface area contributed by atoms with Gasteiger partial charge in [0.05, 0.1) is 0 Å². The second-order valence-corrected chi connectivity index (χ2v) is 3.97. The number of hydrogen-bond donors (Lipinski definition) is 1. The Morgan fingerprint density at radius 3 is 2.50 bits per heavy atom. The van der Waals surface area contributed by atoms with Crippen LogP contribution in [-0.2, 0) is 0 Å². The average molecular weight is 167 g/mol. The molecular weight excluding hydrogens is 146 g/mol. The summed E-state index contributed by atoms with van der Waals surface area (Å²) >= 11 is 0. The van der Waals surface area contributed by atoms with Crippen molar-refractivity contribution in [2.75, 3.05) is 13.1 Å². The molecule has 0 unspecified atom stereocenters. The Labute approximate surface area is 76.9 Å². The van der Waals surface area contributed by atoms with E-state index in [-0.39, 0.29) is 0 Å². The Bertz CT molecular complexity index is 142. The zero-order valence-corrected chi connectivity index (χ0v) is 8.61. The van der Waals surface area contributed by atoms with Crippen molar-refractivity contribution >= 4 is 0 Å². The summed E-state index contributed by atoms with van der Waals surface area (Å²) < 4.78 is 0. The maximum absolute atomic E-state index is 5.22. The van der Waals surface area contributed by atoms with Crippen LogP contribution in [0.4, 0.5) is 0 Å². The SMILES string of the molecule is C#CCCC(C)(C)CCNCC. The number of hydrogen-bond acceptors (Lipinski definition) is 1. The van der Waals surface area contributed by atoms with Crippen LogP contribution in [0.5, 0.6) is 0 Å².